The first kappa shape index (κ1) is 23.7. The van der Waals surface area contributed by atoms with Crippen LogP contribution in [0.2, 0.25) is 0 Å². The lowest BCUT2D eigenvalue weighted by molar-refractivity contribution is -0.121. The lowest BCUT2D eigenvalue weighted by Gasteiger charge is -2.31. The molecule has 1 fully saturated rings. The molecule has 4 rings (SSSR count). The van der Waals surface area contributed by atoms with Crippen LogP contribution in [0.25, 0.3) is 10.6 Å². The Morgan fingerprint density at radius 3 is 2.62 bits per heavy atom. The fraction of sp³-hybridized carbons (Fsp3) is 0.417. The highest BCUT2D eigenvalue weighted by Gasteiger charge is 2.31. The van der Waals surface area contributed by atoms with Crippen molar-refractivity contribution in [2.24, 2.45) is 13.0 Å². The lowest BCUT2D eigenvalue weighted by atomic mass is 9.97. The van der Waals surface area contributed by atoms with Crippen LogP contribution >= 0.6 is 11.3 Å². The molecular formula is C24H28N6O3S. The predicted molar refractivity (Wildman–Crippen MR) is 131 cm³/mol. The van der Waals surface area contributed by atoms with Gasteiger partial charge in [0.2, 0.25) is 5.91 Å². The summed E-state index contributed by atoms with van der Waals surface area (Å²) in [7, 11) is 1.61. The van der Waals surface area contributed by atoms with Gasteiger partial charge in [-0.1, -0.05) is 6.07 Å². The number of hydrogen-bond donors (Lipinski definition) is 1. The van der Waals surface area contributed by atoms with Gasteiger partial charge in [-0.15, -0.1) is 11.3 Å². The minimum atomic E-state index is -0.315. The number of amides is 2. The zero-order valence-electron chi connectivity index (χ0n) is 20.0. The van der Waals surface area contributed by atoms with Gasteiger partial charge in [-0.3, -0.25) is 14.4 Å². The predicted octanol–water partition coefficient (Wildman–Crippen LogP) is 3.02. The van der Waals surface area contributed by atoms with E-state index in [4.69, 9.17) is 0 Å². The second-order valence-electron chi connectivity index (χ2n) is 8.69. The minimum Gasteiger partial charge on any atom is -0.337 e. The quantitative estimate of drug-likeness (QED) is 0.615. The van der Waals surface area contributed by atoms with Crippen molar-refractivity contribution in [1.82, 2.24) is 24.6 Å². The van der Waals surface area contributed by atoms with E-state index in [9.17, 15) is 14.4 Å². The molecule has 1 saturated heterocycles. The highest BCUT2D eigenvalue weighted by Crippen LogP contribution is 2.30. The third-order valence-corrected chi connectivity index (χ3v) is 7.31. The van der Waals surface area contributed by atoms with Crippen LogP contribution in [0.15, 0.2) is 23.0 Å². The van der Waals surface area contributed by atoms with Gasteiger partial charge in [0.05, 0.1) is 22.9 Å². The maximum atomic E-state index is 13.4. The van der Waals surface area contributed by atoms with Gasteiger partial charge in [0.15, 0.2) is 0 Å². The fourth-order valence-corrected chi connectivity index (χ4v) is 5.29. The number of aryl methyl sites for hydroxylation is 4. The second-order valence-corrected chi connectivity index (χ2v) is 9.69. The van der Waals surface area contributed by atoms with Gasteiger partial charge >= 0.3 is 0 Å². The topological polar surface area (TPSA) is 110 Å². The molecule has 3 aromatic rings. The van der Waals surface area contributed by atoms with E-state index in [0.717, 1.165) is 23.4 Å². The Hall–Kier alpha value is -3.40. The van der Waals surface area contributed by atoms with E-state index in [0.29, 0.717) is 46.5 Å². The summed E-state index contributed by atoms with van der Waals surface area (Å²) < 4.78 is 1.30. The highest BCUT2D eigenvalue weighted by molar-refractivity contribution is 7.17. The number of piperidine rings is 1. The van der Waals surface area contributed by atoms with Crippen molar-refractivity contribution in [2.75, 3.05) is 18.4 Å². The molecule has 0 bridgehead atoms. The summed E-state index contributed by atoms with van der Waals surface area (Å²) in [5, 5.41) is 7.61. The van der Waals surface area contributed by atoms with E-state index in [2.05, 4.69) is 20.4 Å². The number of thiazole rings is 1. The van der Waals surface area contributed by atoms with Crippen molar-refractivity contribution in [3.63, 3.8) is 0 Å². The Labute approximate surface area is 201 Å². The Kier molecular flexibility index (Phi) is 6.60. The lowest BCUT2D eigenvalue weighted by Crippen LogP contribution is -2.43. The molecular weight excluding hydrogens is 452 g/mol. The number of pyridine rings is 1. The minimum absolute atomic E-state index is 0.135. The zero-order valence-corrected chi connectivity index (χ0v) is 20.8. The van der Waals surface area contributed by atoms with Gasteiger partial charge < -0.3 is 10.2 Å². The van der Waals surface area contributed by atoms with Crippen LogP contribution in [0.3, 0.4) is 0 Å². The van der Waals surface area contributed by atoms with Gasteiger partial charge in [0, 0.05) is 25.8 Å². The summed E-state index contributed by atoms with van der Waals surface area (Å²) in [6.07, 6.45) is 1.44. The zero-order chi connectivity index (χ0) is 24.6. The average Bonchev–Trinajstić information content (AvgIpc) is 3.18. The molecule has 2 amide bonds. The molecule has 1 N–H and O–H groups in total. The van der Waals surface area contributed by atoms with Crippen molar-refractivity contribution < 1.29 is 9.59 Å². The highest BCUT2D eigenvalue weighted by atomic mass is 32.1. The summed E-state index contributed by atoms with van der Waals surface area (Å²) in [4.78, 5) is 50.1. The SMILES string of the molecule is Cc1cccc(NC(=O)C2CCCN(C(=O)c3sc(-c4c(C)c(C)nn(C)c4=O)nc3C)C2)n1. The summed E-state index contributed by atoms with van der Waals surface area (Å²) in [6.45, 7) is 8.24. The molecule has 34 heavy (non-hydrogen) atoms. The molecule has 1 atom stereocenters. The number of carbonyl (C=O) groups is 2. The van der Waals surface area contributed by atoms with Crippen LogP contribution in [-0.4, -0.2) is 49.6 Å². The fourth-order valence-electron chi connectivity index (χ4n) is 4.16. The molecule has 1 unspecified atom stereocenters. The Morgan fingerprint density at radius 2 is 1.88 bits per heavy atom. The maximum Gasteiger partial charge on any atom is 0.277 e. The molecule has 1 aliphatic heterocycles. The van der Waals surface area contributed by atoms with E-state index in [1.807, 2.05) is 32.9 Å². The standard InChI is InChI=1S/C24H28N6O3S/c1-13-8-6-10-18(25-13)27-21(31)17-9-7-11-30(12-17)24(33)20-16(4)26-22(34-20)19-14(2)15(3)28-29(5)23(19)32/h6,8,10,17H,7,9,11-12H2,1-5H3,(H,25,27,31). The van der Waals surface area contributed by atoms with Crippen molar-refractivity contribution in [2.45, 2.75) is 40.5 Å². The van der Waals surface area contributed by atoms with Crippen molar-refractivity contribution in [3.8, 4) is 10.6 Å². The molecule has 0 saturated carbocycles. The number of hydrogen-bond acceptors (Lipinski definition) is 7. The maximum absolute atomic E-state index is 13.4. The molecule has 0 radical (unpaired) electrons. The Bertz CT molecular complexity index is 1330. The third-order valence-electron chi connectivity index (χ3n) is 6.15. The van der Waals surface area contributed by atoms with Crippen LogP contribution in [0.4, 0.5) is 5.82 Å². The number of likely N-dealkylation sites (tertiary alicyclic amines) is 1. The largest absolute Gasteiger partial charge is 0.337 e. The summed E-state index contributed by atoms with van der Waals surface area (Å²) in [5.41, 5.74) is 3.14. The van der Waals surface area contributed by atoms with Gasteiger partial charge in [0.1, 0.15) is 15.7 Å². The van der Waals surface area contributed by atoms with E-state index >= 15 is 0 Å². The van der Waals surface area contributed by atoms with Crippen LogP contribution in [0, 0.1) is 33.6 Å². The number of rotatable bonds is 4. The molecule has 178 valence electrons. The van der Waals surface area contributed by atoms with Crippen molar-refractivity contribution >= 4 is 29.0 Å². The number of aromatic nitrogens is 4. The van der Waals surface area contributed by atoms with Crippen molar-refractivity contribution in [1.29, 1.82) is 0 Å². The van der Waals surface area contributed by atoms with Crippen LogP contribution in [-0.2, 0) is 11.8 Å². The molecule has 0 aliphatic carbocycles. The van der Waals surface area contributed by atoms with Gasteiger partial charge in [-0.05, 0) is 58.2 Å². The van der Waals surface area contributed by atoms with E-state index < -0.39 is 0 Å². The number of carbonyl (C=O) groups excluding carboxylic acids is 2. The molecule has 4 heterocycles. The monoisotopic (exact) mass is 480 g/mol. The van der Waals surface area contributed by atoms with Gasteiger partial charge in [-0.25, -0.2) is 14.6 Å². The van der Waals surface area contributed by atoms with Crippen LogP contribution in [0.1, 0.15) is 45.2 Å². The molecule has 1 aliphatic rings. The molecule has 10 heteroatoms. The molecule has 9 nitrogen and oxygen atoms in total. The normalized spacial score (nSPS) is 15.9. The number of nitrogens with one attached hydrogen (secondary N) is 1. The van der Waals surface area contributed by atoms with Crippen molar-refractivity contribution in [3.05, 3.63) is 56.1 Å². The first-order valence-electron chi connectivity index (χ1n) is 11.2. The summed E-state index contributed by atoms with van der Waals surface area (Å²) >= 11 is 1.22. The van der Waals surface area contributed by atoms with E-state index in [1.165, 1.54) is 16.0 Å². The second kappa shape index (κ2) is 9.46. The van der Waals surface area contributed by atoms with Crippen LogP contribution < -0.4 is 10.9 Å². The number of nitrogens with zero attached hydrogens (tertiary/aromatic N) is 5. The summed E-state index contributed by atoms with van der Waals surface area (Å²) in [5.74, 6) is -0.0949. The van der Waals surface area contributed by atoms with E-state index in [1.54, 1.807) is 24.9 Å². The first-order valence-corrected chi connectivity index (χ1v) is 12.0. The smallest absolute Gasteiger partial charge is 0.277 e. The number of anilines is 1. The average molecular weight is 481 g/mol. The Balaban J connectivity index is 1.54. The van der Waals surface area contributed by atoms with Crippen LogP contribution in [0.5, 0.6) is 0 Å². The molecule has 0 spiro atoms. The molecule has 0 aromatic carbocycles. The van der Waals surface area contributed by atoms with Gasteiger partial charge in [-0.2, -0.15) is 5.10 Å². The Morgan fingerprint density at radius 1 is 1.12 bits per heavy atom. The van der Waals surface area contributed by atoms with Gasteiger partial charge in [0.25, 0.3) is 11.5 Å². The summed E-state index contributed by atoms with van der Waals surface area (Å²) in [6, 6.07) is 5.47. The molecule has 3 aromatic heterocycles. The van der Waals surface area contributed by atoms with E-state index in [-0.39, 0.29) is 23.3 Å². The third kappa shape index (κ3) is 4.63. The first-order chi connectivity index (χ1) is 16.2.